The zero-order chi connectivity index (χ0) is 22.3. The van der Waals surface area contributed by atoms with Crippen LogP contribution >= 0.6 is 15.9 Å². The van der Waals surface area contributed by atoms with E-state index in [9.17, 15) is 18.0 Å². The van der Waals surface area contributed by atoms with Gasteiger partial charge in [-0.1, -0.05) is 24.3 Å². The first-order valence-electron chi connectivity index (χ1n) is 9.15. The monoisotopic (exact) mass is 492 g/mol. The second kappa shape index (κ2) is 7.80. The molecule has 3 heterocycles. The first-order chi connectivity index (χ1) is 14.6. The highest BCUT2D eigenvalue weighted by molar-refractivity contribution is 9.10. The summed E-state index contributed by atoms with van der Waals surface area (Å²) in [5.74, 6) is -0.682. The lowest BCUT2D eigenvalue weighted by Crippen LogP contribution is -2.15. The lowest BCUT2D eigenvalue weighted by molar-refractivity contribution is -0.142. The van der Waals surface area contributed by atoms with E-state index in [1.165, 1.54) is 13.1 Å². The van der Waals surface area contributed by atoms with Crippen molar-refractivity contribution in [3.8, 4) is 0 Å². The fraction of sp³-hybridized carbons (Fsp3) is 0.200. The van der Waals surface area contributed by atoms with Crippen LogP contribution < -0.4 is 5.32 Å². The summed E-state index contributed by atoms with van der Waals surface area (Å²) in [5.41, 5.74) is 1.42. The lowest BCUT2D eigenvalue weighted by atomic mass is 10.1. The molecule has 1 N–H and O–H groups in total. The van der Waals surface area contributed by atoms with Crippen molar-refractivity contribution >= 4 is 33.2 Å². The predicted octanol–water partition coefficient (Wildman–Crippen LogP) is 4.62. The van der Waals surface area contributed by atoms with E-state index in [1.54, 1.807) is 10.9 Å². The molecular formula is C20H16BrF3N6O. The summed E-state index contributed by atoms with van der Waals surface area (Å²) in [6, 6.07) is 8.73. The molecule has 7 nitrogen and oxygen atoms in total. The fourth-order valence-corrected chi connectivity index (χ4v) is 3.64. The van der Waals surface area contributed by atoms with E-state index in [2.05, 4.69) is 36.4 Å². The van der Waals surface area contributed by atoms with Gasteiger partial charge in [0.2, 0.25) is 0 Å². The SMILES string of the molecule is Cc1cc(C(F)(F)F)n2nc(C(=O)Nc3cnn(Cc4ccccc4C)c3)c(Br)c2n1. The molecule has 1 aromatic carbocycles. The van der Waals surface area contributed by atoms with E-state index < -0.39 is 17.8 Å². The number of nitrogens with one attached hydrogen (secondary N) is 1. The van der Waals surface area contributed by atoms with Crippen LogP contribution in [0.2, 0.25) is 0 Å². The van der Waals surface area contributed by atoms with E-state index in [-0.39, 0.29) is 21.5 Å². The van der Waals surface area contributed by atoms with Crippen LogP contribution in [0.1, 0.15) is 33.0 Å². The first kappa shape index (κ1) is 21.0. The first-order valence-corrected chi connectivity index (χ1v) is 9.94. The molecule has 0 unspecified atom stereocenters. The zero-order valence-electron chi connectivity index (χ0n) is 16.4. The Bertz CT molecular complexity index is 1290. The molecule has 3 aromatic heterocycles. The van der Waals surface area contributed by atoms with Crippen LogP contribution in [0.5, 0.6) is 0 Å². The number of halogens is 4. The highest BCUT2D eigenvalue weighted by Crippen LogP contribution is 2.32. The largest absolute Gasteiger partial charge is 0.433 e. The minimum Gasteiger partial charge on any atom is -0.318 e. The van der Waals surface area contributed by atoms with Crippen molar-refractivity contribution < 1.29 is 18.0 Å². The Morgan fingerprint density at radius 2 is 1.97 bits per heavy atom. The molecule has 11 heteroatoms. The average molecular weight is 493 g/mol. The molecule has 160 valence electrons. The Balaban J connectivity index is 1.60. The third-order valence-electron chi connectivity index (χ3n) is 4.65. The Morgan fingerprint density at radius 1 is 1.23 bits per heavy atom. The number of aromatic nitrogens is 5. The highest BCUT2D eigenvalue weighted by atomic mass is 79.9. The summed E-state index contributed by atoms with van der Waals surface area (Å²) in [7, 11) is 0. The third kappa shape index (κ3) is 4.18. The van der Waals surface area contributed by atoms with Crippen molar-refractivity contribution in [2.24, 2.45) is 0 Å². The smallest absolute Gasteiger partial charge is 0.318 e. The van der Waals surface area contributed by atoms with E-state index in [0.717, 1.165) is 17.2 Å². The van der Waals surface area contributed by atoms with Crippen LogP contribution in [-0.4, -0.2) is 30.3 Å². The molecule has 0 aliphatic carbocycles. The van der Waals surface area contributed by atoms with Crippen LogP contribution in [0.4, 0.5) is 18.9 Å². The molecule has 0 radical (unpaired) electrons. The highest BCUT2D eigenvalue weighted by Gasteiger charge is 2.36. The maximum atomic E-state index is 13.4. The number of hydrogen-bond acceptors (Lipinski definition) is 4. The zero-order valence-corrected chi connectivity index (χ0v) is 18.0. The molecule has 0 bridgehead atoms. The Kier molecular flexibility index (Phi) is 5.29. The van der Waals surface area contributed by atoms with Gasteiger partial charge in [0.15, 0.2) is 11.3 Å². The van der Waals surface area contributed by atoms with Crippen LogP contribution in [0.15, 0.2) is 47.2 Å². The van der Waals surface area contributed by atoms with E-state index >= 15 is 0 Å². The molecule has 0 saturated carbocycles. The number of benzene rings is 1. The van der Waals surface area contributed by atoms with Gasteiger partial charge < -0.3 is 5.32 Å². The van der Waals surface area contributed by atoms with Gasteiger partial charge in [0.1, 0.15) is 5.69 Å². The Hall–Kier alpha value is -3.21. The van der Waals surface area contributed by atoms with Crippen LogP contribution in [-0.2, 0) is 12.7 Å². The molecule has 0 aliphatic heterocycles. The van der Waals surface area contributed by atoms with Gasteiger partial charge in [-0.15, -0.1) is 0 Å². The van der Waals surface area contributed by atoms with Gasteiger partial charge in [0.05, 0.1) is 22.9 Å². The van der Waals surface area contributed by atoms with Gasteiger partial charge in [-0.2, -0.15) is 23.4 Å². The third-order valence-corrected chi connectivity index (χ3v) is 5.38. The second-order valence-electron chi connectivity index (χ2n) is 6.99. The van der Waals surface area contributed by atoms with Gasteiger partial charge in [-0.05, 0) is 47.0 Å². The molecule has 1 amide bonds. The number of rotatable bonds is 4. The quantitative estimate of drug-likeness (QED) is 0.450. The lowest BCUT2D eigenvalue weighted by Gasteiger charge is -2.09. The van der Waals surface area contributed by atoms with Crippen molar-refractivity contribution in [1.82, 2.24) is 24.4 Å². The minimum absolute atomic E-state index is 0.0755. The van der Waals surface area contributed by atoms with Crippen LogP contribution in [0.25, 0.3) is 5.65 Å². The molecular weight excluding hydrogens is 477 g/mol. The normalized spacial score (nSPS) is 11.8. The molecule has 31 heavy (non-hydrogen) atoms. The van der Waals surface area contributed by atoms with Gasteiger partial charge in [-0.3, -0.25) is 9.48 Å². The Morgan fingerprint density at radius 3 is 2.68 bits per heavy atom. The van der Waals surface area contributed by atoms with Crippen molar-refractivity contribution in [1.29, 1.82) is 0 Å². The summed E-state index contributed by atoms with van der Waals surface area (Å²) in [6.45, 7) is 3.95. The summed E-state index contributed by atoms with van der Waals surface area (Å²) in [6.07, 6.45) is -1.55. The number of amides is 1. The minimum atomic E-state index is -4.65. The molecule has 0 aliphatic rings. The molecule has 0 saturated heterocycles. The van der Waals surface area contributed by atoms with Crippen LogP contribution in [0, 0.1) is 13.8 Å². The van der Waals surface area contributed by atoms with Gasteiger partial charge in [0, 0.05) is 11.9 Å². The fourth-order valence-electron chi connectivity index (χ4n) is 3.13. The van der Waals surface area contributed by atoms with E-state index in [1.807, 2.05) is 31.2 Å². The van der Waals surface area contributed by atoms with Crippen molar-refractivity contribution in [3.63, 3.8) is 0 Å². The van der Waals surface area contributed by atoms with E-state index in [0.29, 0.717) is 16.7 Å². The van der Waals surface area contributed by atoms with Crippen molar-refractivity contribution in [2.45, 2.75) is 26.6 Å². The second-order valence-corrected chi connectivity index (χ2v) is 7.78. The average Bonchev–Trinajstić information content (AvgIpc) is 3.27. The molecule has 0 fully saturated rings. The number of nitrogens with zero attached hydrogens (tertiary/aromatic N) is 5. The van der Waals surface area contributed by atoms with E-state index in [4.69, 9.17) is 0 Å². The molecule has 4 aromatic rings. The standard InChI is InChI=1S/C20H16BrF3N6O/c1-11-5-3-4-6-13(11)9-29-10-14(8-25-29)27-19(31)17-16(21)18-26-12(2)7-15(20(22,23)24)30(18)28-17/h3-8,10H,9H2,1-2H3,(H,27,31). The predicted molar refractivity (Wildman–Crippen MR) is 111 cm³/mol. The maximum absolute atomic E-state index is 13.4. The number of aryl methyl sites for hydroxylation is 2. The maximum Gasteiger partial charge on any atom is 0.433 e. The summed E-state index contributed by atoms with van der Waals surface area (Å²) in [5, 5.41) is 10.7. The molecule has 0 atom stereocenters. The van der Waals surface area contributed by atoms with Crippen molar-refractivity contribution in [2.75, 3.05) is 5.32 Å². The number of alkyl halides is 3. The number of carbonyl (C=O) groups is 1. The van der Waals surface area contributed by atoms with Gasteiger partial charge in [0.25, 0.3) is 5.91 Å². The number of anilines is 1. The van der Waals surface area contributed by atoms with Crippen LogP contribution in [0.3, 0.4) is 0 Å². The van der Waals surface area contributed by atoms with Gasteiger partial charge in [-0.25, -0.2) is 9.50 Å². The Labute approximate surface area is 183 Å². The summed E-state index contributed by atoms with van der Waals surface area (Å²) < 4.78 is 42.5. The number of fused-ring (bicyclic) bond motifs is 1. The number of carbonyl (C=O) groups excluding carboxylic acids is 1. The molecule has 4 rings (SSSR count). The molecule has 0 spiro atoms. The van der Waals surface area contributed by atoms with Crippen molar-refractivity contribution in [3.05, 3.63) is 75.4 Å². The number of hydrogen-bond donors (Lipinski definition) is 1. The van der Waals surface area contributed by atoms with Gasteiger partial charge >= 0.3 is 6.18 Å². The summed E-state index contributed by atoms with van der Waals surface area (Å²) >= 11 is 3.16. The topological polar surface area (TPSA) is 77.1 Å². The summed E-state index contributed by atoms with van der Waals surface area (Å²) in [4.78, 5) is 16.8.